The van der Waals surface area contributed by atoms with Gasteiger partial charge in [-0.3, -0.25) is 9.59 Å². The molecule has 5 atom stereocenters. The lowest BCUT2D eigenvalue weighted by Crippen LogP contribution is -2.53. The topological polar surface area (TPSA) is 65.7 Å². The van der Waals surface area contributed by atoms with E-state index in [1.807, 2.05) is 6.07 Å². The Hall–Kier alpha value is -2.04. The molecule has 0 radical (unpaired) electrons. The summed E-state index contributed by atoms with van der Waals surface area (Å²) in [6.45, 7) is 4.23. The van der Waals surface area contributed by atoms with Crippen molar-refractivity contribution in [3.05, 3.63) is 36.3 Å². The Bertz CT molecular complexity index is 735. The summed E-state index contributed by atoms with van der Waals surface area (Å²) in [6, 6.07) is 1.83. The standard InChI is InChI=1S/C19H20O5/c1-11-4-6-18-8-13(23-16(18)20)2-3-15(18)19(11)9-14(24-17(19)21)12-5-7-22-10-12/h5,7,10,13-15H,1-4,6,8-9H2/t13-,14+,15+,18-,19-/m0/s1. The maximum absolute atomic E-state index is 13.0. The van der Waals surface area contributed by atoms with Crippen molar-refractivity contribution in [2.75, 3.05) is 0 Å². The normalized spacial score (nSPS) is 43.7. The minimum absolute atomic E-state index is 0.0271. The van der Waals surface area contributed by atoms with Gasteiger partial charge in [-0.15, -0.1) is 0 Å². The van der Waals surface area contributed by atoms with Gasteiger partial charge in [0.1, 0.15) is 12.2 Å². The fourth-order valence-electron chi connectivity index (χ4n) is 5.68. The monoisotopic (exact) mass is 328 g/mol. The minimum atomic E-state index is -0.755. The molecule has 4 fully saturated rings. The number of carbonyl (C=O) groups excluding carboxylic acids is 2. The van der Waals surface area contributed by atoms with Gasteiger partial charge < -0.3 is 13.9 Å². The molecule has 5 nitrogen and oxygen atoms in total. The summed E-state index contributed by atoms with van der Waals surface area (Å²) in [5.74, 6) is -0.385. The summed E-state index contributed by atoms with van der Waals surface area (Å²) < 4.78 is 16.5. The molecule has 1 aromatic rings. The lowest BCUT2D eigenvalue weighted by Gasteiger charge is -2.50. The van der Waals surface area contributed by atoms with Gasteiger partial charge in [0.2, 0.25) is 0 Å². The minimum Gasteiger partial charge on any atom is -0.472 e. The van der Waals surface area contributed by atoms with Crippen LogP contribution >= 0.6 is 0 Å². The van der Waals surface area contributed by atoms with Gasteiger partial charge in [-0.2, -0.15) is 0 Å². The molecule has 5 rings (SSSR count). The largest absolute Gasteiger partial charge is 0.472 e. The number of ether oxygens (including phenoxy) is 2. The summed E-state index contributed by atoms with van der Waals surface area (Å²) >= 11 is 0. The fourth-order valence-corrected chi connectivity index (χ4v) is 5.68. The van der Waals surface area contributed by atoms with E-state index in [0.717, 1.165) is 36.8 Å². The Morgan fingerprint density at radius 2 is 2.00 bits per heavy atom. The van der Waals surface area contributed by atoms with Crippen molar-refractivity contribution in [3.8, 4) is 0 Å². The van der Waals surface area contributed by atoms with E-state index in [4.69, 9.17) is 13.9 Å². The highest BCUT2D eigenvalue weighted by atomic mass is 16.6. The van der Waals surface area contributed by atoms with Gasteiger partial charge in [-0.05, 0) is 37.7 Å². The van der Waals surface area contributed by atoms with Crippen LogP contribution < -0.4 is 0 Å². The van der Waals surface area contributed by atoms with Crippen molar-refractivity contribution in [1.82, 2.24) is 0 Å². The number of hydrogen-bond acceptors (Lipinski definition) is 5. The van der Waals surface area contributed by atoms with E-state index in [0.29, 0.717) is 12.8 Å². The highest BCUT2D eigenvalue weighted by molar-refractivity contribution is 5.88. The summed E-state index contributed by atoms with van der Waals surface area (Å²) in [5.41, 5.74) is 0.519. The van der Waals surface area contributed by atoms with Crippen LogP contribution in [0.2, 0.25) is 0 Å². The fraction of sp³-hybridized carbons (Fsp3) is 0.579. The number of rotatable bonds is 1. The number of esters is 2. The van der Waals surface area contributed by atoms with Gasteiger partial charge in [-0.25, -0.2) is 0 Å². The average Bonchev–Trinajstić information content (AvgIpc) is 3.25. The van der Waals surface area contributed by atoms with Crippen molar-refractivity contribution >= 4 is 11.9 Å². The first kappa shape index (κ1) is 14.3. The molecule has 0 unspecified atom stereocenters. The molecule has 2 bridgehead atoms. The molecule has 0 aromatic carbocycles. The summed E-state index contributed by atoms with van der Waals surface area (Å²) in [5, 5.41) is 0. The molecule has 2 aliphatic heterocycles. The van der Waals surface area contributed by atoms with Crippen LogP contribution in [0.5, 0.6) is 0 Å². The van der Waals surface area contributed by atoms with Gasteiger partial charge in [0.05, 0.1) is 23.4 Å². The molecule has 5 heteroatoms. The Balaban J connectivity index is 1.59. The Morgan fingerprint density at radius 3 is 2.79 bits per heavy atom. The van der Waals surface area contributed by atoms with Gasteiger partial charge in [0.25, 0.3) is 0 Å². The van der Waals surface area contributed by atoms with Crippen LogP contribution in [0.1, 0.15) is 50.2 Å². The summed E-state index contributed by atoms with van der Waals surface area (Å²) in [7, 11) is 0. The second kappa shape index (κ2) is 4.52. The molecule has 24 heavy (non-hydrogen) atoms. The van der Waals surface area contributed by atoms with Crippen LogP contribution in [-0.2, 0) is 19.1 Å². The highest BCUT2D eigenvalue weighted by Crippen LogP contribution is 2.67. The summed E-state index contributed by atoms with van der Waals surface area (Å²) in [4.78, 5) is 25.7. The second-order valence-corrected chi connectivity index (χ2v) is 7.75. The molecule has 1 aromatic heterocycles. The predicted molar refractivity (Wildman–Crippen MR) is 82.6 cm³/mol. The van der Waals surface area contributed by atoms with E-state index >= 15 is 0 Å². The molecule has 0 N–H and O–H groups in total. The Kier molecular flexibility index (Phi) is 2.70. The summed E-state index contributed by atoms with van der Waals surface area (Å²) in [6.07, 6.45) is 7.30. The van der Waals surface area contributed by atoms with E-state index in [1.165, 1.54) is 0 Å². The smallest absolute Gasteiger partial charge is 0.317 e. The van der Waals surface area contributed by atoms with Gasteiger partial charge >= 0.3 is 11.9 Å². The number of furan rings is 1. The lowest BCUT2D eigenvalue weighted by molar-refractivity contribution is -0.159. The van der Waals surface area contributed by atoms with Crippen molar-refractivity contribution in [2.45, 2.75) is 50.7 Å². The Labute approximate surface area is 140 Å². The van der Waals surface area contributed by atoms with Gasteiger partial charge in [0, 0.05) is 18.4 Å². The second-order valence-electron chi connectivity index (χ2n) is 7.75. The number of carbonyl (C=O) groups is 2. The first-order valence-electron chi connectivity index (χ1n) is 8.69. The zero-order valence-electron chi connectivity index (χ0n) is 13.5. The van der Waals surface area contributed by atoms with Crippen LogP contribution in [0, 0.1) is 16.7 Å². The van der Waals surface area contributed by atoms with E-state index in [1.54, 1.807) is 12.5 Å². The average molecular weight is 328 g/mol. The van der Waals surface area contributed by atoms with Crippen LogP contribution in [-0.4, -0.2) is 18.0 Å². The third-order valence-corrected chi connectivity index (χ3v) is 6.85. The molecule has 2 saturated carbocycles. The van der Waals surface area contributed by atoms with Crippen molar-refractivity contribution < 1.29 is 23.5 Å². The van der Waals surface area contributed by atoms with Crippen LogP contribution in [0.4, 0.5) is 0 Å². The van der Waals surface area contributed by atoms with Crippen LogP contribution in [0.15, 0.2) is 35.2 Å². The number of cyclic esters (lactones) is 1. The molecular formula is C19H20O5. The third kappa shape index (κ3) is 1.55. The van der Waals surface area contributed by atoms with Gasteiger partial charge in [-0.1, -0.05) is 12.2 Å². The number of hydrogen-bond donors (Lipinski definition) is 0. The van der Waals surface area contributed by atoms with Crippen molar-refractivity contribution in [2.24, 2.45) is 16.7 Å². The van der Waals surface area contributed by atoms with Crippen molar-refractivity contribution in [3.63, 3.8) is 0 Å². The highest BCUT2D eigenvalue weighted by Gasteiger charge is 2.69. The number of fused-ring (bicyclic) bond motifs is 2. The Morgan fingerprint density at radius 1 is 1.12 bits per heavy atom. The zero-order chi connectivity index (χ0) is 16.5. The first-order valence-corrected chi connectivity index (χ1v) is 8.69. The maximum atomic E-state index is 13.0. The van der Waals surface area contributed by atoms with Crippen molar-refractivity contribution in [1.29, 1.82) is 0 Å². The molecule has 4 aliphatic rings. The molecule has 2 saturated heterocycles. The third-order valence-electron chi connectivity index (χ3n) is 6.85. The molecule has 126 valence electrons. The van der Waals surface area contributed by atoms with Crippen LogP contribution in [0.3, 0.4) is 0 Å². The molecule has 2 spiro atoms. The molecule has 3 heterocycles. The van der Waals surface area contributed by atoms with Crippen LogP contribution in [0.25, 0.3) is 0 Å². The SMILES string of the molecule is C=C1CC[C@]23C[C@H](CC[C@H]2[C@]12C[C@H](c1ccoc1)OC2=O)OC3=O. The predicted octanol–water partition coefficient (Wildman–Crippen LogP) is 3.32. The first-order chi connectivity index (χ1) is 11.6. The van der Waals surface area contributed by atoms with E-state index < -0.39 is 10.8 Å². The van der Waals surface area contributed by atoms with Gasteiger partial charge in [0.15, 0.2) is 0 Å². The maximum Gasteiger partial charge on any atom is 0.317 e. The van der Waals surface area contributed by atoms with E-state index in [9.17, 15) is 9.59 Å². The molecule has 0 amide bonds. The molecular weight excluding hydrogens is 308 g/mol. The lowest BCUT2D eigenvalue weighted by atomic mass is 9.48. The zero-order valence-corrected chi connectivity index (χ0v) is 13.5. The quantitative estimate of drug-likeness (QED) is 0.584. The molecule has 2 aliphatic carbocycles. The van der Waals surface area contributed by atoms with E-state index in [-0.39, 0.29) is 30.1 Å². The van der Waals surface area contributed by atoms with E-state index in [2.05, 4.69) is 6.58 Å².